The van der Waals surface area contributed by atoms with Crippen LogP contribution in [-0.2, 0) is 29.8 Å². The molecule has 0 unspecified atom stereocenters. The molecule has 5 heterocycles. The molecule has 1 aliphatic rings. The lowest BCUT2D eigenvalue weighted by molar-refractivity contribution is -0.138. The Kier molecular flexibility index (Phi) is 7.87. The van der Waals surface area contributed by atoms with Crippen molar-refractivity contribution in [3.8, 4) is 11.5 Å². The van der Waals surface area contributed by atoms with E-state index in [4.69, 9.17) is 21.1 Å². The molecule has 11 nitrogen and oxygen atoms in total. The molecule has 4 aromatic rings. The van der Waals surface area contributed by atoms with E-state index in [1.54, 1.807) is 13.1 Å². The number of rotatable bonds is 7. The maximum Gasteiger partial charge on any atom is 0.417 e. The molecule has 1 aliphatic heterocycles. The van der Waals surface area contributed by atoms with E-state index in [0.29, 0.717) is 30.1 Å². The van der Waals surface area contributed by atoms with E-state index < -0.39 is 17.3 Å². The number of halogens is 4. The topological polar surface area (TPSA) is 125 Å². The van der Waals surface area contributed by atoms with Crippen LogP contribution >= 0.6 is 11.6 Å². The number of pyridine rings is 3. The first-order valence-corrected chi connectivity index (χ1v) is 13.0. The maximum atomic E-state index is 13.3. The quantitative estimate of drug-likeness (QED) is 0.302. The van der Waals surface area contributed by atoms with Gasteiger partial charge in [-0.15, -0.1) is 0 Å². The summed E-state index contributed by atoms with van der Waals surface area (Å²) in [6.07, 6.45) is 1.83. The molecule has 0 aliphatic carbocycles. The number of anilines is 3. The fourth-order valence-corrected chi connectivity index (χ4v) is 4.71. The molecule has 41 heavy (non-hydrogen) atoms. The Balaban J connectivity index is 1.36. The van der Waals surface area contributed by atoms with Crippen LogP contribution in [0.25, 0.3) is 11.2 Å². The lowest BCUT2D eigenvalue weighted by atomic mass is 10.1. The molecule has 0 bridgehead atoms. The largest absolute Gasteiger partial charge is 0.454 e. The van der Waals surface area contributed by atoms with Crippen molar-refractivity contribution in [2.24, 2.45) is 14.1 Å². The van der Waals surface area contributed by atoms with Crippen LogP contribution in [0, 0.1) is 0 Å². The molecule has 0 spiro atoms. The van der Waals surface area contributed by atoms with Gasteiger partial charge in [-0.25, -0.2) is 9.97 Å². The summed E-state index contributed by atoms with van der Waals surface area (Å²) >= 11 is 6.62. The van der Waals surface area contributed by atoms with Gasteiger partial charge in [0.1, 0.15) is 27.8 Å². The Morgan fingerprint density at radius 3 is 2.78 bits per heavy atom. The minimum Gasteiger partial charge on any atom is -0.454 e. The van der Waals surface area contributed by atoms with Gasteiger partial charge in [0, 0.05) is 39.2 Å². The van der Waals surface area contributed by atoms with E-state index >= 15 is 0 Å². The van der Waals surface area contributed by atoms with E-state index in [-0.39, 0.29) is 52.3 Å². The minimum atomic E-state index is -4.65. The van der Waals surface area contributed by atoms with Crippen LogP contribution < -0.4 is 20.9 Å². The third-order valence-electron chi connectivity index (χ3n) is 6.48. The number of nitrogens with one attached hydrogen (secondary N) is 2. The molecule has 2 N–H and O–H groups in total. The summed E-state index contributed by atoms with van der Waals surface area (Å²) in [5.41, 5.74) is -1.52. The zero-order chi connectivity index (χ0) is 29.3. The van der Waals surface area contributed by atoms with Gasteiger partial charge in [-0.1, -0.05) is 11.6 Å². The first kappa shape index (κ1) is 28.4. The highest BCUT2D eigenvalue weighted by Gasteiger charge is 2.32. The van der Waals surface area contributed by atoms with Gasteiger partial charge in [-0.3, -0.25) is 9.59 Å². The Labute approximate surface area is 236 Å². The van der Waals surface area contributed by atoms with Crippen LogP contribution in [0.4, 0.5) is 30.6 Å². The van der Waals surface area contributed by atoms with Gasteiger partial charge in [0.25, 0.3) is 5.56 Å². The number of ether oxygens (including phenoxy) is 2. The van der Waals surface area contributed by atoms with Crippen LogP contribution in [0.5, 0.6) is 11.5 Å². The van der Waals surface area contributed by atoms with E-state index in [1.165, 1.54) is 30.1 Å². The number of alkyl halides is 3. The highest BCUT2D eigenvalue weighted by Crippen LogP contribution is 2.36. The zero-order valence-electron chi connectivity index (χ0n) is 22.0. The molecule has 1 fully saturated rings. The van der Waals surface area contributed by atoms with Gasteiger partial charge >= 0.3 is 6.18 Å². The van der Waals surface area contributed by atoms with Crippen LogP contribution in [0.3, 0.4) is 0 Å². The predicted octanol–water partition coefficient (Wildman–Crippen LogP) is 5.17. The molecule has 0 saturated carbocycles. The van der Waals surface area contributed by atoms with E-state index in [1.807, 2.05) is 0 Å². The van der Waals surface area contributed by atoms with Gasteiger partial charge in [-0.05, 0) is 31.4 Å². The second-order valence-electron chi connectivity index (χ2n) is 9.50. The molecule has 0 aromatic carbocycles. The number of imidazole rings is 1. The van der Waals surface area contributed by atoms with Crippen molar-refractivity contribution >= 4 is 46.1 Å². The van der Waals surface area contributed by atoms with Gasteiger partial charge in [-0.2, -0.15) is 18.2 Å². The summed E-state index contributed by atoms with van der Waals surface area (Å²) in [6.45, 7) is 0.649. The molecule has 1 atom stereocenters. The van der Waals surface area contributed by atoms with Crippen molar-refractivity contribution in [3.63, 3.8) is 0 Å². The normalized spacial score (nSPS) is 15.6. The Morgan fingerprint density at radius 2 is 2.05 bits per heavy atom. The highest BCUT2D eigenvalue weighted by atomic mass is 35.5. The molecule has 0 radical (unpaired) electrons. The third kappa shape index (κ3) is 6.28. The van der Waals surface area contributed by atoms with Gasteiger partial charge in [0.15, 0.2) is 11.4 Å². The Bertz CT molecular complexity index is 1670. The fourth-order valence-electron chi connectivity index (χ4n) is 4.41. The van der Waals surface area contributed by atoms with Crippen molar-refractivity contribution in [3.05, 3.63) is 57.7 Å². The van der Waals surface area contributed by atoms with E-state index in [2.05, 4.69) is 25.6 Å². The molecular weight excluding hydrogens is 567 g/mol. The standard InChI is InChI=1S/C26H25ClF3N7O4/c1-36-13-14(26(28,29)30)9-17(24(36)39)33-25-35-23-22(37(25)2)21(27)18(12-32-23)41-16-6-7-31-19(10-16)34-20(38)11-15-5-3-4-8-40-15/h6-7,9-10,12-13,15H,3-5,8,11H2,1-2H3,(H,31,34,38)(H,32,33,35)/t15-/m1/s1. The Morgan fingerprint density at radius 1 is 1.24 bits per heavy atom. The lowest BCUT2D eigenvalue weighted by Crippen LogP contribution is -2.25. The summed E-state index contributed by atoms with van der Waals surface area (Å²) < 4.78 is 53.7. The Hall–Kier alpha value is -4.17. The number of aromatic nitrogens is 5. The molecule has 1 saturated heterocycles. The number of carbonyl (C=O) groups is 1. The van der Waals surface area contributed by atoms with Crippen LogP contribution in [0.1, 0.15) is 31.2 Å². The zero-order valence-corrected chi connectivity index (χ0v) is 22.7. The predicted molar refractivity (Wildman–Crippen MR) is 145 cm³/mol. The second kappa shape index (κ2) is 11.4. The van der Waals surface area contributed by atoms with Crippen LogP contribution in [0.2, 0.25) is 5.02 Å². The third-order valence-corrected chi connectivity index (χ3v) is 6.84. The number of carbonyl (C=O) groups excluding carboxylic acids is 1. The fraction of sp³-hybridized carbons (Fsp3) is 0.346. The van der Waals surface area contributed by atoms with E-state index in [0.717, 1.165) is 23.8 Å². The number of aryl methyl sites for hydroxylation is 2. The van der Waals surface area contributed by atoms with Gasteiger partial charge in [0.2, 0.25) is 11.9 Å². The molecule has 216 valence electrons. The lowest BCUT2D eigenvalue weighted by Gasteiger charge is -2.21. The van der Waals surface area contributed by atoms with Crippen molar-refractivity contribution in [2.45, 2.75) is 38.0 Å². The number of fused-ring (bicyclic) bond motifs is 1. The monoisotopic (exact) mass is 591 g/mol. The first-order valence-electron chi connectivity index (χ1n) is 12.6. The van der Waals surface area contributed by atoms with Gasteiger partial charge < -0.3 is 29.2 Å². The summed E-state index contributed by atoms with van der Waals surface area (Å²) in [4.78, 5) is 37.6. The van der Waals surface area contributed by atoms with Crippen LogP contribution in [0.15, 0.2) is 41.6 Å². The number of hydrogen-bond donors (Lipinski definition) is 2. The van der Waals surface area contributed by atoms with Crippen molar-refractivity contribution in [1.82, 2.24) is 24.1 Å². The van der Waals surface area contributed by atoms with E-state index in [9.17, 15) is 22.8 Å². The summed E-state index contributed by atoms with van der Waals surface area (Å²) in [7, 11) is 2.78. The first-order chi connectivity index (χ1) is 19.5. The second-order valence-corrected chi connectivity index (χ2v) is 9.88. The SMILES string of the molecule is Cn1cc(C(F)(F)F)cc(Nc2nc3ncc(Oc4ccnc(NC(=O)C[C@H]5CCCCO5)c4)c(Cl)c3n2C)c1=O. The molecule has 15 heteroatoms. The summed E-state index contributed by atoms with van der Waals surface area (Å²) in [6, 6.07) is 3.81. The van der Waals surface area contributed by atoms with Crippen molar-refractivity contribution in [1.29, 1.82) is 0 Å². The summed E-state index contributed by atoms with van der Waals surface area (Å²) in [5, 5.41) is 5.51. The number of nitrogens with zero attached hydrogens (tertiary/aromatic N) is 5. The number of amides is 1. The van der Waals surface area contributed by atoms with Crippen molar-refractivity contribution < 1.29 is 27.4 Å². The smallest absolute Gasteiger partial charge is 0.417 e. The summed E-state index contributed by atoms with van der Waals surface area (Å²) in [5.74, 6) is 0.568. The average Bonchev–Trinajstić information content (AvgIpc) is 3.24. The molecule has 1 amide bonds. The molecule has 4 aromatic heterocycles. The van der Waals surface area contributed by atoms with Gasteiger partial charge in [0.05, 0.1) is 24.3 Å². The minimum absolute atomic E-state index is 0.0406. The maximum absolute atomic E-state index is 13.3. The van der Waals surface area contributed by atoms with Crippen molar-refractivity contribution in [2.75, 3.05) is 17.2 Å². The molecular formula is C26H25ClF3N7O4. The number of hydrogen-bond acceptors (Lipinski definition) is 8. The highest BCUT2D eigenvalue weighted by molar-refractivity contribution is 6.36. The average molecular weight is 592 g/mol. The molecule has 5 rings (SSSR count). The van der Waals surface area contributed by atoms with Crippen LogP contribution in [-0.4, -0.2) is 42.7 Å².